The molecule has 3 rings (SSSR count). The number of hydrogen-bond acceptors (Lipinski definition) is 4. The van der Waals surface area contributed by atoms with Gasteiger partial charge in [0.1, 0.15) is 0 Å². The molecular formula is C15H17BrN4. The number of rotatable bonds is 3. The maximum atomic E-state index is 4.41. The Balaban J connectivity index is 1.71. The number of hydrogen-bond donors (Lipinski definition) is 2. The topological polar surface area (TPSA) is 49.8 Å². The average Bonchev–Trinajstić information content (AvgIpc) is 2.49. The van der Waals surface area contributed by atoms with Crippen molar-refractivity contribution in [3.63, 3.8) is 0 Å². The number of anilines is 1. The Hall–Kier alpha value is -1.46. The number of nitrogens with one attached hydrogen (secondary N) is 2. The summed E-state index contributed by atoms with van der Waals surface area (Å²) in [5, 5.41) is 6.75. The molecule has 1 unspecified atom stereocenters. The third-order valence-electron chi connectivity index (χ3n) is 3.44. The highest BCUT2D eigenvalue weighted by atomic mass is 79.9. The second-order valence-electron chi connectivity index (χ2n) is 4.99. The van der Waals surface area contributed by atoms with Gasteiger partial charge in [-0.15, -0.1) is 0 Å². The molecular weight excluding hydrogens is 316 g/mol. The third-order valence-corrected chi connectivity index (χ3v) is 3.93. The molecule has 2 aromatic rings. The molecule has 1 saturated heterocycles. The van der Waals surface area contributed by atoms with E-state index in [0.717, 1.165) is 28.7 Å². The first-order valence-electron chi connectivity index (χ1n) is 6.86. The highest BCUT2D eigenvalue weighted by molar-refractivity contribution is 9.10. The van der Waals surface area contributed by atoms with Crippen molar-refractivity contribution in [2.75, 3.05) is 18.4 Å². The summed E-state index contributed by atoms with van der Waals surface area (Å²) in [5.41, 5.74) is 2.14. The van der Waals surface area contributed by atoms with Gasteiger partial charge >= 0.3 is 0 Å². The van der Waals surface area contributed by atoms with Gasteiger partial charge in [0.05, 0.1) is 0 Å². The maximum absolute atomic E-state index is 4.41. The highest BCUT2D eigenvalue weighted by Crippen LogP contribution is 2.22. The second kappa shape index (κ2) is 6.33. The molecule has 20 heavy (non-hydrogen) atoms. The molecule has 0 saturated carbocycles. The SMILES string of the molecule is Brc1cccc(-c2cnc(NC3CCCNC3)nc2)c1. The molecule has 4 nitrogen and oxygen atoms in total. The van der Waals surface area contributed by atoms with Crippen LogP contribution in [0.15, 0.2) is 41.1 Å². The molecule has 5 heteroatoms. The number of nitrogens with zero attached hydrogens (tertiary/aromatic N) is 2. The Morgan fingerprint density at radius 3 is 2.75 bits per heavy atom. The van der Waals surface area contributed by atoms with Crippen LogP contribution in [-0.2, 0) is 0 Å². The van der Waals surface area contributed by atoms with Gasteiger partial charge < -0.3 is 10.6 Å². The van der Waals surface area contributed by atoms with Crippen molar-refractivity contribution >= 4 is 21.9 Å². The van der Waals surface area contributed by atoms with E-state index in [0.29, 0.717) is 12.0 Å². The van der Waals surface area contributed by atoms with Crippen molar-refractivity contribution in [3.8, 4) is 11.1 Å². The second-order valence-corrected chi connectivity index (χ2v) is 5.91. The van der Waals surface area contributed by atoms with Crippen molar-refractivity contribution in [1.29, 1.82) is 0 Å². The van der Waals surface area contributed by atoms with E-state index in [1.807, 2.05) is 24.5 Å². The van der Waals surface area contributed by atoms with Crippen molar-refractivity contribution < 1.29 is 0 Å². The molecule has 1 aromatic heterocycles. The molecule has 1 atom stereocenters. The van der Waals surface area contributed by atoms with Gasteiger partial charge in [0, 0.05) is 35.0 Å². The van der Waals surface area contributed by atoms with E-state index in [2.05, 4.69) is 48.7 Å². The molecule has 0 aliphatic carbocycles. The van der Waals surface area contributed by atoms with Crippen LogP contribution in [0.2, 0.25) is 0 Å². The van der Waals surface area contributed by atoms with Gasteiger partial charge in [-0.2, -0.15) is 0 Å². The molecule has 1 fully saturated rings. The Morgan fingerprint density at radius 1 is 1.20 bits per heavy atom. The molecule has 104 valence electrons. The Morgan fingerprint density at radius 2 is 2.05 bits per heavy atom. The summed E-state index contributed by atoms with van der Waals surface area (Å²) in [6.07, 6.45) is 6.11. The lowest BCUT2D eigenvalue weighted by molar-refractivity contribution is 0.478. The van der Waals surface area contributed by atoms with E-state index in [9.17, 15) is 0 Å². The van der Waals surface area contributed by atoms with E-state index in [4.69, 9.17) is 0 Å². The summed E-state index contributed by atoms with van der Waals surface area (Å²) in [6.45, 7) is 2.09. The fourth-order valence-electron chi connectivity index (χ4n) is 2.38. The fourth-order valence-corrected chi connectivity index (χ4v) is 2.78. The third kappa shape index (κ3) is 3.35. The number of aromatic nitrogens is 2. The summed E-state index contributed by atoms with van der Waals surface area (Å²) in [5.74, 6) is 0.706. The molecule has 0 spiro atoms. The van der Waals surface area contributed by atoms with Crippen LogP contribution in [0.3, 0.4) is 0 Å². The van der Waals surface area contributed by atoms with E-state index in [1.54, 1.807) is 0 Å². The molecule has 2 N–H and O–H groups in total. The predicted octanol–water partition coefficient (Wildman–Crippen LogP) is 3.07. The van der Waals surface area contributed by atoms with E-state index in [1.165, 1.54) is 12.8 Å². The van der Waals surface area contributed by atoms with Gasteiger partial charge in [-0.25, -0.2) is 9.97 Å². The standard InChI is InChI=1S/C15H17BrN4/c16-13-4-1-3-11(7-13)12-8-18-15(19-9-12)20-14-5-2-6-17-10-14/h1,3-4,7-9,14,17H,2,5-6,10H2,(H,18,19,20). The molecule has 1 aliphatic heterocycles. The average molecular weight is 333 g/mol. The minimum atomic E-state index is 0.431. The summed E-state index contributed by atoms with van der Waals surface area (Å²) in [7, 11) is 0. The minimum absolute atomic E-state index is 0.431. The van der Waals surface area contributed by atoms with Crippen LogP contribution in [0.4, 0.5) is 5.95 Å². The first-order chi connectivity index (χ1) is 9.81. The summed E-state index contributed by atoms with van der Waals surface area (Å²) in [6, 6.07) is 8.58. The normalized spacial score (nSPS) is 18.8. The van der Waals surface area contributed by atoms with Crippen LogP contribution in [0.1, 0.15) is 12.8 Å². The van der Waals surface area contributed by atoms with Gasteiger partial charge in [0.25, 0.3) is 0 Å². The van der Waals surface area contributed by atoms with E-state index in [-0.39, 0.29) is 0 Å². The Kier molecular flexibility index (Phi) is 4.28. The van der Waals surface area contributed by atoms with Crippen molar-refractivity contribution in [2.45, 2.75) is 18.9 Å². The van der Waals surface area contributed by atoms with Gasteiger partial charge in [0.2, 0.25) is 5.95 Å². The van der Waals surface area contributed by atoms with Crippen LogP contribution in [0.25, 0.3) is 11.1 Å². The smallest absolute Gasteiger partial charge is 0.222 e. The van der Waals surface area contributed by atoms with Crippen molar-refractivity contribution in [2.24, 2.45) is 0 Å². The summed E-state index contributed by atoms with van der Waals surface area (Å²) in [4.78, 5) is 8.83. The largest absolute Gasteiger partial charge is 0.350 e. The van der Waals surface area contributed by atoms with Gasteiger partial charge in [-0.1, -0.05) is 28.1 Å². The van der Waals surface area contributed by atoms with Crippen LogP contribution < -0.4 is 10.6 Å². The lowest BCUT2D eigenvalue weighted by Crippen LogP contribution is -2.38. The molecule has 0 radical (unpaired) electrons. The summed E-state index contributed by atoms with van der Waals surface area (Å²) >= 11 is 3.48. The van der Waals surface area contributed by atoms with E-state index < -0.39 is 0 Å². The quantitative estimate of drug-likeness (QED) is 0.906. The zero-order chi connectivity index (χ0) is 13.8. The zero-order valence-electron chi connectivity index (χ0n) is 11.1. The van der Waals surface area contributed by atoms with Crippen LogP contribution in [0.5, 0.6) is 0 Å². The molecule has 1 aromatic carbocycles. The number of benzene rings is 1. The first-order valence-corrected chi connectivity index (χ1v) is 7.66. The number of piperidine rings is 1. The Labute approximate surface area is 127 Å². The monoisotopic (exact) mass is 332 g/mol. The van der Waals surface area contributed by atoms with Crippen LogP contribution >= 0.6 is 15.9 Å². The zero-order valence-corrected chi connectivity index (χ0v) is 12.7. The van der Waals surface area contributed by atoms with Crippen molar-refractivity contribution in [1.82, 2.24) is 15.3 Å². The van der Waals surface area contributed by atoms with Gasteiger partial charge in [-0.3, -0.25) is 0 Å². The fraction of sp³-hybridized carbons (Fsp3) is 0.333. The van der Waals surface area contributed by atoms with Gasteiger partial charge in [-0.05, 0) is 37.1 Å². The highest BCUT2D eigenvalue weighted by Gasteiger charge is 2.13. The molecule has 0 bridgehead atoms. The first kappa shape index (κ1) is 13.5. The maximum Gasteiger partial charge on any atom is 0.222 e. The lowest BCUT2D eigenvalue weighted by Gasteiger charge is -2.23. The van der Waals surface area contributed by atoms with E-state index >= 15 is 0 Å². The molecule has 0 amide bonds. The number of halogens is 1. The summed E-state index contributed by atoms with van der Waals surface area (Å²) < 4.78 is 1.06. The van der Waals surface area contributed by atoms with Crippen molar-refractivity contribution in [3.05, 3.63) is 41.1 Å². The Bertz CT molecular complexity index is 564. The predicted molar refractivity (Wildman–Crippen MR) is 84.7 cm³/mol. The lowest BCUT2D eigenvalue weighted by atomic mass is 10.1. The molecule has 1 aliphatic rings. The van der Waals surface area contributed by atoms with Crippen LogP contribution in [0, 0.1) is 0 Å². The molecule has 2 heterocycles. The van der Waals surface area contributed by atoms with Crippen LogP contribution in [-0.4, -0.2) is 29.1 Å². The van der Waals surface area contributed by atoms with Gasteiger partial charge in [0.15, 0.2) is 0 Å². The minimum Gasteiger partial charge on any atom is -0.350 e.